The van der Waals surface area contributed by atoms with Crippen molar-refractivity contribution in [1.29, 1.82) is 0 Å². The Morgan fingerprint density at radius 2 is 0.885 bits per heavy atom. The number of aliphatic carboxylic acids is 2. The SMILES string of the molecule is CC(NC(=O)CCCCCCCCCCC(=O)NC(C)C(=O)O)C(=O)O. The molecule has 0 heterocycles. The van der Waals surface area contributed by atoms with E-state index in [1.165, 1.54) is 13.8 Å². The van der Waals surface area contributed by atoms with Crippen LogP contribution in [-0.2, 0) is 19.2 Å². The second-order valence-corrected chi connectivity index (χ2v) is 6.58. The number of rotatable bonds is 15. The van der Waals surface area contributed by atoms with E-state index in [1.54, 1.807) is 0 Å². The van der Waals surface area contributed by atoms with Gasteiger partial charge in [-0.2, -0.15) is 0 Å². The fourth-order valence-electron chi connectivity index (χ4n) is 2.38. The number of nitrogens with one attached hydrogen (secondary N) is 2. The van der Waals surface area contributed by atoms with Gasteiger partial charge in [0.1, 0.15) is 12.1 Å². The largest absolute Gasteiger partial charge is 0.480 e. The average molecular weight is 372 g/mol. The fourth-order valence-corrected chi connectivity index (χ4v) is 2.38. The Labute approximate surface area is 154 Å². The van der Waals surface area contributed by atoms with Crippen LogP contribution < -0.4 is 10.6 Å². The van der Waals surface area contributed by atoms with Crippen molar-refractivity contribution >= 4 is 23.8 Å². The third kappa shape index (κ3) is 13.2. The molecule has 0 aliphatic heterocycles. The Bertz CT molecular complexity index is 425. The molecule has 2 atom stereocenters. The molecule has 26 heavy (non-hydrogen) atoms. The monoisotopic (exact) mass is 372 g/mol. The summed E-state index contributed by atoms with van der Waals surface area (Å²) in [6.45, 7) is 2.88. The quantitative estimate of drug-likeness (QED) is 0.325. The van der Waals surface area contributed by atoms with Crippen molar-refractivity contribution in [2.24, 2.45) is 0 Å². The van der Waals surface area contributed by atoms with Crippen LogP contribution in [0.3, 0.4) is 0 Å². The number of amides is 2. The van der Waals surface area contributed by atoms with Gasteiger partial charge in [-0.25, -0.2) is 0 Å². The van der Waals surface area contributed by atoms with Crippen LogP contribution in [0.5, 0.6) is 0 Å². The van der Waals surface area contributed by atoms with Gasteiger partial charge in [-0.05, 0) is 26.7 Å². The second kappa shape index (κ2) is 14.1. The highest BCUT2D eigenvalue weighted by Gasteiger charge is 2.14. The lowest BCUT2D eigenvalue weighted by atomic mass is 10.1. The van der Waals surface area contributed by atoms with Crippen molar-refractivity contribution < 1.29 is 29.4 Å². The smallest absolute Gasteiger partial charge is 0.325 e. The Kier molecular flexibility index (Phi) is 12.9. The minimum absolute atomic E-state index is 0.226. The van der Waals surface area contributed by atoms with E-state index >= 15 is 0 Å². The van der Waals surface area contributed by atoms with Gasteiger partial charge < -0.3 is 20.8 Å². The van der Waals surface area contributed by atoms with Crippen molar-refractivity contribution in [2.75, 3.05) is 0 Å². The maximum Gasteiger partial charge on any atom is 0.325 e. The zero-order valence-corrected chi connectivity index (χ0v) is 15.8. The fraction of sp³-hybridized carbons (Fsp3) is 0.778. The molecule has 2 unspecified atom stereocenters. The van der Waals surface area contributed by atoms with E-state index < -0.39 is 24.0 Å². The van der Waals surface area contributed by atoms with E-state index in [4.69, 9.17) is 10.2 Å². The number of carboxylic acids is 2. The molecule has 0 fully saturated rings. The van der Waals surface area contributed by atoms with E-state index in [0.29, 0.717) is 12.8 Å². The Morgan fingerprint density at radius 1 is 0.615 bits per heavy atom. The molecule has 0 saturated heterocycles. The van der Waals surface area contributed by atoms with Crippen molar-refractivity contribution in [1.82, 2.24) is 10.6 Å². The predicted octanol–water partition coefficient (Wildman–Crippen LogP) is 2.07. The van der Waals surface area contributed by atoms with Gasteiger partial charge in [0.05, 0.1) is 0 Å². The summed E-state index contributed by atoms with van der Waals surface area (Å²) in [4.78, 5) is 44.2. The van der Waals surface area contributed by atoms with Gasteiger partial charge in [-0.15, -0.1) is 0 Å². The second-order valence-electron chi connectivity index (χ2n) is 6.58. The summed E-state index contributed by atoms with van der Waals surface area (Å²) >= 11 is 0. The standard InChI is InChI=1S/C18H32N2O6/c1-13(17(23)24)19-15(21)11-9-7-5-3-4-6-8-10-12-16(22)20-14(2)18(25)26/h13-14H,3-12H2,1-2H3,(H,19,21)(H,20,22)(H,23,24)(H,25,26). The van der Waals surface area contributed by atoms with E-state index in [-0.39, 0.29) is 11.8 Å². The molecule has 0 saturated carbocycles. The molecule has 8 heteroatoms. The van der Waals surface area contributed by atoms with Gasteiger partial charge in [-0.3, -0.25) is 19.2 Å². The van der Waals surface area contributed by atoms with Gasteiger partial charge in [-0.1, -0.05) is 38.5 Å². The predicted molar refractivity (Wildman–Crippen MR) is 96.7 cm³/mol. The molecular formula is C18H32N2O6. The van der Waals surface area contributed by atoms with Crippen LogP contribution in [-0.4, -0.2) is 46.0 Å². The summed E-state index contributed by atoms with van der Waals surface area (Å²) in [7, 11) is 0. The molecular weight excluding hydrogens is 340 g/mol. The van der Waals surface area contributed by atoms with Crippen LogP contribution in [0.25, 0.3) is 0 Å². The van der Waals surface area contributed by atoms with Crippen molar-refractivity contribution in [3.8, 4) is 0 Å². The summed E-state index contributed by atoms with van der Waals surface area (Å²) in [6, 6.07) is -1.70. The van der Waals surface area contributed by atoms with E-state index in [0.717, 1.165) is 51.4 Å². The molecule has 0 bridgehead atoms. The van der Waals surface area contributed by atoms with Crippen molar-refractivity contribution in [3.05, 3.63) is 0 Å². The lowest BCUT2D eigenvalue weighted by Crippen LogP contribution is -2.38. The zero-order valence-electron chi connectivity index (χ0n) is 15.8. The Morgan fingerprint density at radius 3 is 1.15 bits per heavy atom. The lowest BCUT2D eigenvalue weighted by Gasteiger charge is -2.09. The molecule has 0 spiro atoms. The molecule has 0 aromatic heterocycles. The van der Waals surface area contributed by atoms with E-state index in [2.05, 4.69) is 10.6 Å². The van der Waals surface area contributed by atoms with Crippen molar-refractivity contribution in [3.63, 3.8) is 0 Å². The number of unbranched alkanes of at least 4 members (excludes halogenated alkanes) is 7. The summed E-state index contributed by atoms with van der Waals surface area (Å²) in [5.41, 5.74) is 0. The third-order valence-electron chi connectivity index (χ3n) is 4.05. The number of carbonyl (C=O) groups is 4. The first-order valence-corrected chi connectivity index (χ1v) is 9.28. The van der Waals surface area contributed by atoms with Gasteiger partial charge in [0, 0.05) is 12.8 Å². The topological polar surface area (TPSA) is 133 Å². The van der Waals surface area contributed by atoms with Crippen LogP contribution in [0.2, 0.25) is 0 Å². The molecule has 0 aromatic carbocycles. The maximum atomic E-state index is 11.5. The molecule has 0 radical (unpaired) electrons. The minimum atomic E-state index is -1.03. The Balaban J connectivity index is 3.44. The van der Waals surface area contributed by atoms with Crippen LogP contribution in [0.15, 0.2) is 0 Å². The highest BCUT2D eigenvalue weighted by Crippen LogP contribution is 2.10. The molecule has 4 N–H and O–H groups in total. The summed E-state index contributed by atoms with van der Waals surface area (Å²) in [6.07, 6.45) is 8.25. The number of hydrogen-bond acceptors (Lipinski definition) is 4. The minimum Gasteiger partial charge on any atom is -0.480 e. The molecule has 0 aliphatic carbocycles. The highest BCUT2D eigenvalue weighted by molar-refractivity contribution is 5.83. The van der Waals surface area contributed by atoms with Crippen LogP contribution >= 0.6 is 0 Å². The number of carbonyl (C=O) groups excluding carboxylic acids is 2. The van der Waals surface area contributed by atoms with E-state index in [9.17, 15) is 19.2 Å². The number of hydrogen-bond donors (Lipinski definition) is 4. The summed E-state index contributed by atoms with van der Waals surface area (Å²) in [5, 5.41) is 22.2. The first-order chi connectivity index (χ1) is 12.2. The molecule has 0 rings (SSSR count). The Hall–Kier alpha value is -2.12. The van der Waals surface area contributed by atoms with Gasteiger partial charge in [0.15, 0.2) is 0 Å². The van der Waals surface area contributed by atoms with Gasteiger partial charge >= 0.3 is 11.9 Å². The van der Waals surface area contributed by atoms with Crippen LogP contribution in [0.4, 0.5) is 0 Å². The third-order valence-corrected chi connectivity index (χ3v) is 4.05. The first-order valence-electron chi connectivity index (χ1n) is 9.28. The average Bonchev–Trinajstić information content (AvgIpc) is 2.56. The molecule has 8 nitrogen and oxygen atoms in total. The number of carboxylic acid groups (broad SMARTS) is 2. The summed E-state index contributed by atoms with van der Waals surface area (Å²) in [5.74, 6) is -2.52. The maximum absolute atomic E-state index is 11.5. The molecule has 0 aromatic rings. The first kappa shape index (κ1) is 23.9. The van der Waals surface area contributed by atoms with Crippen molar-refractivity contribution in [2.45, 2.75) is 90.1 Å². The van der Waals surface area contributed by atoms with E-state index in [1.807, 2.05) is 0 Å². The molecule has 0 aliphatic rings. The van der Waals surface area contributed by atoms with Crippen LogP contribution in [0, 0.1) is 0 Å². The summed E-state index contributed by atoms with van der Waals surface area (Å²) < 4.78 is 0. The molecule has 2 amide bonds. The molecule has 150 valence electrons. The highest BCUT2D eigenvalue weighted by atomic mass is 16.4. The van der Waals surface area contributed by atoms with Gasteiger partial charge in [0.2, 0.25) is 11.8 Å². The van der Waals surface area contributed by atoms with Gasteiger partial charge in [0.25, 0.3) is 0 Å². The zero-order chi connectivity index (χ0) is 19.9. The normalized spacial score (nSPS) is 12.8. The lowest BCUT2D eigenvalue weighted by molar-refractivity contribution is -0.141. The van der Waals surface area contributed by atoms with Crippen LogP contribution in [0.1, 0.15) is 78.1 Å².